The van der Waals surface area contributed by atoms with Crippen molar-refractivity contribution in [3.63, 3.8) is 0 Å². The first kappa shape index (κ1) is 9.84. The lowest BCUT2D eigenvalue weighted by Crippen LogP contribution is -2.11. The van der Waals surface area contributed by atoms with Crippen LogP contribution in [-0.4, -0.2) is 16.1 Å². The summed E-state index contributed by atoms with van der Waals surface area (Å²) >= 11 is 1.40. The number of pyridine rings is 1. The van der Waals surface area contributed by atoms with Crippen molar-refractivity contribution in [2.75, 3.05) is 5.73 Å². The van der Waals surface area contributed by atoms with E-state index in [2.05, 4.69) is 9.97 Å². The molecule has 1 saturated carbocycles. The van der Waals surface area contributed by atoms with Gasteiger partial charge in [-0.3, -0.25) is 0 Å². The van der Waals surface area contributed by atoms with Crippen molar-refractivity contribution in [1.29, 1.82) is 0 Å². The molecule has 2 aromatic heterocycles. The molecule has 3 rings (SSSR count). The van der Waals surface area contributed by atoms with E-state index < -0.39 is 0 Å². The molecule has 0 aromatic carbocycles. The molecule has 1 aliphatic carbocycles. The second-order valence-electron chi connectivity index (χ2n) is 4.05. The predicted octanol–water partition coefficient (Wildman–Crippen LogP) is 2.59. The van der Waals surface area contributed by atoms with Gasteiger partial charge >= 0.3 is 0 Å². The number of fused-ring (bicyclic) bond motifs is 1. The predicted molar refractivity (Wildman–Crippen MR) is 64.7 cm³/mol. The van der Waals surface area contributed by atoms with E-state index >= 15 is 0 Å². The fourth-order valence-corrected chi connectivity index (χ4v) is 2.76. The summed E-state index contributed by atoms with van der Waals surface area (Å²) in [6.45, 7) is 0. The summed E-state index contributed by atoms with van der Waals surface area (Å²) in [6.07, 6.45) is 5.16. The highest BCUT2D eigenvalue weighted by Crippen LogP contribution is 2.27. The molecule has 0 spiro atoms. The Morgan fingerprint density at radius 3 is 2.88 bits per heavy atom. The van der Waals surface area contributed by atoms with Crippen molar-refractivity contribution >= 4 is 26.8 Å². The van der Waals surface area contributed by atoms with Crippen LogP contribution in [0.2, 0.25) is 0 Å². The summed E-state index contributed by atoms with van der Waals surface area (Å²) in [5.41, 5.74) is 6.48. The summed E-state index contributed by atoms with van der Waals surface area (Å²) in [5.74, 6) is 0.697. The number of hydrogen-bond donors (Lipinski definition) is 1. The molecule has 1 aliphatic rings. The number of nitrogens with zero attached hydrogens (tertiary/aromatic N) is 2. The Bertz CT molecular complexity index is 505. The number of thiazole rings is 1. The third-order valence-electron chi connectivity index (χ3n) is 2.84. The van der Waals surface area contributed by atoms with Gasteiger partial charge in [-0.05, 0) is 31.7 Å². The molecule has 0 amide bonds. The summed E-state index contributed by atoms with van der Waals surface area (Å²) in [6, 6.07) is 3.79. The molecule has 0 radical (unpaired) electrons. The number of hydrogen-bond acceptors (Lipinski definition) is 5. The van der Waals surface area contributed by atoms with Crippen molar-refractivity contribution in [2.24, 2.45) is 0 Å². The molecule has 0 atom stereocenters. The van der Waals surface area contributed by atoms with Gasteiger partial charge in [-0.25, -0.2) is 9.97 Å². The van der Waals surface area contributed by atoms with Gasteiger partial charge in [0.15, 0.2) is 5.13 Å². The maximum atomic E-state index is 5.82. The van der Waals surface area contributed by atoms with E-state index in [1.54, 1.807) is 0 Å². The van der Waals surface area contributed by atoms with Crippen molar-refractivity contribution in [3.8, 4) is 5.88 Å². The van der Waals surface area contributed by atoms with Gasteiger partial charge in [0.05, 0.1) is 0 Å². The molecule has 2 heterocycles. The van der Waals surface area contributed by atoms with Crippen LogP contribution in [0.1, 0.15) is 25.7 Å². The molecule has 0 saturated heterocycles. The Labute approximate surface area is 97.5 Å². The van der Waals surface area contributed by atoms with E-state index in [9.17, 15) is 0 Å². The molecular formula is C11H13N3OS. The minimum atomic E-state index is 0.343. The Morgan fingerprint density at radius 1 is 1.25 bits per heavy atom. The second kappa shape index (κ2) is 3.90. The highest BCUT2D eigenvalue weighted by atomic mass is 32.1. The minimum Gasteiger partial charge on any atom is -0.474 e. The zero-order valence-corrected chi connectivity index (χ0v) is 9.67. The fraction of sp³-hybridized carbons (Fsp3) is 0.455. The van der Waals surface area contributed by atoms with Crippen LogP contribution in [0.15, 0.2) is 12.1 Å². The molecule has 1 fully saturated rings. The number of nitrogens with two attached hydrogens (primary N) is 1. The lowest BCUT2D eigenvalue weighted by atomic mass is 10.3. The minimum absolute atomic E-state index is 0.343. The highest BCUT2D eigenvalue weighted by Gasteiger charge is 2.17. The molecule has 2 aromatic rings. The van der Waals surface area contributed by atoms with Gasteiger partial charge in [-0.2, -0.15) is 0 Å². The van der Waals surface area contributed by atoms with Crippen LogP contribution in [0.5, 0.6) is 5.88 Å². The number of nitrogen functional groups attached to an aromatic ring is 1. The zero-order valence-electron chi connectivity index (χ0n) is 8.85. The van der Waals surface area contributed by atoms with E-state index in [1.807, 2.05) is 12.1 Å². The first-order valence-corrected chi connectivity index (χ1v) is 6.32. The van der Waals surface area contributed by atoms with Gasteiger partial charge in [-0.15, -0.1) is 0 Å². The molecular weight excluding hydrogens is 222 g/mol. The quantitative estimate of drug-likeness (QED) is 0.869. The van der Waals surface area contributed by atoms with Gasteiger partial charge in [0.2, 0.25) is 5.88 Å². The first-order valence-electron chi connectivity index (χ1n) is 5.51. The molecule has 4 nitrogen and oxygen atoms in total. The van der Waals surface area contributed by atoms with E-state index in [0.717, 1.165) is 23.2 Å². The fourth-order valence-electron chi connectivity index (χ4n) is 2.06. The van der Waals surface area contributed by atoms with Gasteiger partial charge in [0.25, 0.3) is 0 Å². The number of aromatic nitrogens is 2. The molecule has 0 aliphatic heterocycles. The molecule has 0 unspecified atom stereocenters. The second-order valence-corrected chi connectivity index (χ2v) is 5.06. The van der Waals surface area contributed by atoms with Crippen LogP contribution >= 0.6 is 11.3 Å². The zero-order chi connectivity index (χ0) is 11.0. The first-order chi connectivity index (χ1) is 7.81. The largest absolute Gasteiger partial charge is 0.474 e. The van der Waals surface area contributed by atoms with Gasteiger partial charge in [-0.1, -0.05) is 11.3 Å². The van der Waals surface area contributed by atoms with Crippen LogP contribution in [0.25, 0.3) is 10.3 Å². The van der Waals surface area contributed by atoms with Crippen molar-refractivity contribution in [3.05, 3.63) is 12.1 Å². The Balaban J connectivity index is 1.86. The number of rotatable bonds is 2. The van der Waals surface area contributed by atoms with E-state index in [4.69, 9.17) is 10.5 Å². The van der Waals surface area contributed by atoms with Crippen LogP contribution < -0.4 is 10.5 Å². The van der Waals surface area contributed by atoms with E-state index in [-0.39, 0.29) is 0 Å². The maximum Gasteiger partial charge on any atom is 0.214 e. The monoisotopic (exact) mass is 235 g/mol. The molecule has 0 bridgehead atoms. The van der Waals surface area contributed by atoms with Crippen molar-refractivity contribution in [2.45, 2.75) is 31.8 Å². The smallest absolute Gasteiger partial charge is 0.214 e. The van der Waals surface area contributed by atoms with Gasteiger partial charge in [0, 0.05) is 6.07 Å². The van der Waals surface area contributed by atoms with Crippen LogP contribution in [0, 0.1) is 0 Å². The van der Waals surface area contributed by atoms with Crippen LogP contribution in [0.3, 0.4) is 0 Å². The highest BCUT2D eigenvalue weighted by molar-refractivity contribution is 7.21. The standard InChI is InChI=1S/C11H13N3OS/c12-11-13-8-5-6-9(14-10(8)16-11)15-7-3-1-2-4-7/h5-7H,1-4H2,(H2,12,13). The Morgan fingerprint density at radius 2 is 2.06 bits per heavy atom. The third kappa shape index (κ3) is 1.82. The van der Waals surface area contributed by atoms with Crippen LogP contribution in [-0.2, 0) is 0 Å². The molecule has 16 heavy (non-hydrogen) atoms. The summed E-state index contributed by atoms with van der Waals surface area (Å²) in [5, 5.41) is 0.556. The molecule has 5 heteroatoms. The molecule has 84 valence electrons. The number of ether oxygens (including phenoxy) is 1. The average Bonchev–Trinajstić information content (AvgIpc) is 2.85. The topological polar surface area (TPSA) is 61.0 Å². The van der Waals surface area contributed by atoms with E-state index in [0.29, 0.717) is 17.1 Å². The lowest BCUT2D eigenvalue weighted by molar-refractivity contribution is 0.202. The Kier molecular flexibility index (Phi) is 2.40. The summed E-state index contributed by atoms with van der Waals surface area (Å²) in [7, 11) is 0. The average molecular weight is 235 g/mol. The number of anilines is 1. The summed E-state index contributed by atoms with van der Waals surface area (Å²) < 4.78 is 5.82. The van der Waals surface area contributed by atoms with Gasteiger partial charge in [0.1, 0.15) is 16.5 Å². The third-order valence-corrected chi connectivity index (χ3v) is 3.63. The van der Waals surface area contributed by atoms with E-state index in [1.165, 1.54) is 24.2 Å². The van der Waals surface area contributed by atoms with Crippen molar-refractivity contribution < 1.29 is 4.74 Å². The molecule has 2 N–H and O–H groups in total. The van der Waals surface area contributed by atoms with Crippen molar-refractivity contribution in [1.82, 2.24) is 9.97 Å². The summed E-state index contributed by atoms with van der Waals surface area (Å²) in [4.78, 5) is 9.43. The normalized spacial score (nSPS) is 17.0. The lowest BCUT2D eigenvalue weighted by Gasteiger charge is -2.11. The van der Waals surface area contributed by atoms with Gasteiger partial charge < -0.3 is 10.5 Å². The van der Waals surface area contributed by atoms with Crippen LogP contribution in [0.4, 0.5) is 5.13 Å². The SMILES string of the molecule is Nc1nc2ccc(OC3CCCC3)nc2s1. The maximum absolute atomic E-state index is 5.82. The Hall–Kier alpha value is -1.36.